The average molecular weight is 305 g/mol. The summed E-state index contributed by atoms with van der Waals surface area (Å²) >= 11 is 0. The van der Waals surface area contributed by atoms with Crippen molar-refractivity contribution in [1.82, 2.24) is 5.32 Å². The van der Waals surface area contributed by atoms with Crippen LogP contribution in [0.25, 0.3) is 0 Å². The van der Waals surface area contributed by atoms with Crippen molar-refractivity contribution >= 4 is 5.78 Å². The molecule has 1 fully saturated rings. The number of ketones is 1. The van der Waals surface area contributed by atoms with Crippen molar-refractivity contribution in [2.45, 2.75) is 32.5 Å². The summed E-state index contributed by atoms with van der Waals surface area (Å²) in [5.41, 5.74) is 0.570. The Labute approximate surface area is 131 Å². The first-order valence-electron chi connectivity index (χ1n) is 7.95. The van der Waals surface area contributed by atoms with Crippen molar-refractivity contribution in [1.29, 1.82) is 0 Å². The van der Waals surface area contributed by atoms with E-state index in [9.17, 15) is 4.79 Å². The molecular formula is C17H23NO4. The van der Waals surface area contributed by atoms with Gasteiger partial charge in [-0.2, -0.15) is 0 Å². The van der Waals surface area contributed by atoms with Gasteiger partial charge in [-0.05, 0) is 31.3 Å². The van der Waals surface area contributed by atoms with Crippen LogP contribution in [0.15, 0.2) is 35.4 Å². The third-order valence-electron chi connectivity index (χ3n) is 4.36. The number of hydrogen-bond donors (Lipinski definition) is 1. The van der Waals surface area contributed by atoms with E-state index in [4.69, 9.17) is 14.2 Å². The number of carbonyl (C=O) groups is 1. The maximum absolute atomic E-state index is 12.8. The molecule has 120 valence electrons. The minimum atomic E-state index is -0.243. The highest BCUT2D eigenvalue weighted by Crippen LogP contribution is 2.36. The first kappa shape index (κ1) is 15.3. The standard InChI is InChI=1S/C17H23NO4/c1-11-6-5-7-13-15(11)16(19)12(17(18-2)22-13)10-21-14-8-3-4-9-20-14/h5-7,11,14-15,18H,3-4,8-10H2,1-2H3. The van der Waals surface area contributed by atoms with Gasteiger partial charge in [0.05, 0.1) is 18.1 Å². The van der Waals surface area contributed by atoms with Gasteiger partial charge in [0.1, 0.15) is 5.76 Å². The fourth-order valence-corrected chi connectivity index (χ4v) is 3.10. The topological polar surface area (TPSA) is 56.8 Å². The van der Waals surface area contributed by atoms with Crippen LogP contribution in [0, 0.1) is 11.8 Å². The Morgan fingerprint density at radius 2 is 2.27 bits per heavy atom. The summed E-state index contributed by atoms with van der Waals surface area (Å²) in [6.45, 7) is 2.98. The van der Waals surface area contributed by atoms with Crippen molar-refractivity contribution < 1.29 is 19.0 Å². The van der Waals surface area contributed by atoms with E-state index in [1.807, 2.05) is 25.2 Å². The molecule has 1 aliphatic carbocycles. The Balaban J connectivity index is 1.75. The van der Waals surface area contributed by atoms with Gasteiger partial charge in [0, 0.05) is 13.7 Å². The Bertz CT molecular complexity index is 529. The molecule has 0 bridgehead atoms. The minimum Gasteiger partial charge on any atom is -0.444 e. The Kier molecular flexibility index (Phi) is 4.64. The second kappa shape index (κ2) is 6.67. The molecule has 0 aromatic rings. The molecule has 0 aromatic carbocycles. The first-order valence-corrected chi connectivity index (χ1v) is 7.95. The van der Waals surface area contributed by atoms with E-state index in [1.54, 1.807) is 7.05 Å². The number of rotatable bonds is 4. The van der Waals surface area contributed by atoms with E-state index in [2.05, 4.69) is 5.32 Å². The van der Waals surface area contributed by atoms with Crippen LogP contribution >= 0.6 is 0 Å². The van der Waals surface area contributed by atoms with Crippen LogP contribution in [-0.2, 0) is 19.0 Å². The van der Waals surface area contributed by atoms with Gasteiger partial charge in [-0.25, -0.2) is 0 Å². The largest absolute Gasteiger partial charge is 0.444 e. The van der Waals surface area contributed by atoms with E-state index in [1.165, 1.54) is 0 Å². The number of hydrogen-bond acceptors (Lipinski definition) is 5. The van der Waals surface area contributed by atoms with Crippen molar-refractivity contribution in [2.24, 2.45) is 11.8 Å². The summed E-state index contributed by atoms with van der Waals surface area (Å²) < 4.78 is 17.2. The van der Waals surface area contributed by atoms with Gasteiger partial charge >= 0.3 is 0 Å². The third-order valence-corrected chi connectivity index (χ3v) is 4.36. The fraction of sp³-hybridized carbons (Fsp3) is 0.588. The van der Waals surface area contributed by atoms with Gasteiger partial charge < -0.3 is 19.5 Å². The Morgan fingerprint density at radius 1 is 1.41 bits per heavy atom. The molecule has 0 aromatic heterocycles. The van der Waals surface area contributed by atoms with Crippen LogP contribution in [0.2, 0.25) is 0 Å². The van der Waals surface area contributed by atoms with Gasteiger partial charge in [-0.3, -0.25) is 4.79 Å². The number of allylic oxidation sites excluding steroid dienone is 4. The summed E-state index contributed by atoms with van der Waals surface area (Å²) in [4.78, 5) is 12.8. The highest BCUT2D eigenvalue weighted by Gasteiger charge is 2.39. The van der Waals surface area contributed by atoms with E-state index < -0.39 is 0 Å². The zero-order valence-electron chi connectivity index (χ0n) is 13.1. The molecule has 1 N–H and O–H groups in total. The third kappa shape index (κ3) is 2.96. The van der Waals surface area contributed by atoms with Gasteiger partial charge in [0.15, 0.2) is 12.1 Å². The van der Waals surface area contributed by atoms with E-state index in [0.717, 1.165) is 25.9 Å². The summed E-state index contributed by atoms with van der Waals surface area (Å²) in [6.07, 6.45) is 8.67. The number of fused-ring (bicyclic) bond motifs is 1. The van der Waals surface area contributed by atoms with Crippen LogP contribution < -0.4 is 5.32 Å². The van der Waals surface area contributed by atoms with E-state index in [-0.39, 0.29) is 30.5 Å². The van der Waals surface area contributed by atoms with Crippen LogP contribution in [0.1, 0.15) is 26.2 Å². The van der Waals surface area contributed by atoms with Gasteiger partial charge in [0.2, 0.25) is 5.88 Å². The zero-order valence-corrected chi connectivity index (χ0v) is 13.1. The van der Waals surface area contributed by atoms with Crippen LogP contribution in [0.3, 0.4) is 0 Å². The number of carbonyl (C=O) groups excluding carboxylic acids is 1. The molecule has 3 rings (SSSR count). The molecule has 2 heterocycles. The number of Topliss-reactive ketones (excluding diaryl/α,β-unsaturated/α-hetero) is 1. The van der Waals surface area contributed by atoms with Crippen molar-refractivity contribution in [2.75, 3.05) is 20.3 Å². The minimum absolute atomic E-state index is 0.0782. The molecule has 3 unspecified atom stereocenters. The van der Waals surface area contributed by atoms with Gasteiger partial charge in [0.25, 0.3) is 0 Å². The maximum atomic E-state index is 12.8. The summed E-state index contributed by atoms with van der Waals surface area (Å²) in [5.74, 6) is 1.17. The molecule has 0 radical (unpaired) electrons. The first-order chi connectivity index (χ1) is 10.7. The molecule has 3 atom stereocenters. The molecule has 0 amide bonds. The van der Waals surface area contributed by atoms with Gasteiger partial charge in [-0.15, -0.1) is 0 Å². The van der Waals surface area contributed by atoms with Crippen molar-refractivity contribution in [3.63, 3.8) is 0 Å². The molecule has 3 aliphatic rings. The van der Waals surface area contributed by atoms with Crippen molar-refractivity contribution in [3.8, 4) is 0 Å². The van der Waals surface area contributed by atoms with Crippen LogP contribution in [0.4, 0.5) is 0 Å². The highest BCUT2D eigenvalue weighted by molar-refractivity contribution is 6.00. The molecule has 1 saturated heterocycles. The molecule has 22 heavy (non-hydrogen) atoms. The average Bonchev–Trinajstić information content (AvgIpc) is 2.54. The molecule has 0 spiro atoms. The molecule has 2 aliphatic heterocycles. The lowest BCUT2D eigenvalue weighted by atomic mass is 9.81. The second-order valence-electron chi connectivity index (χ2n) is 5.92. The SMILES string of the molecule is CNC1=C(COC2CCCCO2)C(=O)C2C(=CC=CC2C)O1. The molecule has 0 saturated carbocycles. The predicted octanol–water partition coefficient (Wildman–Crippen LogP) is 2.27. The monoisotopic (exact) mass is 305 g/mol. The summed E-state index contributed by atoms with van der Waals surface area (Å²) in [7, 11) is 1.75. The number of nitrogens with one attached hydrogen (secondary N) is 1. The lowest BCUT2D eigenvalue weighted by molar-refractivity contribution is -0.159. The second-order valence-corrected chi connectivity index (χ2v) is 5.92. The smallest absolute Gasteiger partial charge is 0.201 e. The van der Waals surface area contributed by atoms with Crippen LogP contribution in [0.5, 0.6) is 0 Å². The Hall–Kier alpha value is -1.59. The lowest BCUT2D eigenvalue weighted by Gasteiger charge is -2.33. The van der Waals surface area contributed by atoms with E-state index >= 15 is 0 Å². The number of ether oxygens (including phenoxy) is 3. The van der Waals surface area contributed by atoms with E-state index in [0.29, 0.717) is 17.2 Å². The summed E-state index contributed by atoms with van der Waals surface area (Å²) in [6, 6.07) is 0. The Morgan fingerprint density at radius 3 is 3.00 bits per heavy atom. The lowest BCUT2D eigenvalue weighted by Crippen LogP contribution is -2.37. The van der Waals surface area contributed by atoms with Crippen molar-refractivity contribution in [3.05, 3.63) is 35.4 Å². The normalized spacial score (nSPS) is 31.5. The summed E-state index contributed by atoms with van der Waals surface area (Å²) in [5, 5.41) is 2.97. The molecular weight excluding hydrogens is 282 g/mol. The maximum Gasteiger partial charge on any atom is 0.201 e. The predicted molar refractivity (Wildman–Crippen MR) is 81.6 cm³/mol. The molecule has 5 nitrogen and oxygen atoms in total. The zero-order chi connectivity index (χ0) is 15.5. The molecule has 5 heteroatoms. The van der Waals surface area contributed by atoms with Gasteiger partial charge in [-0.1, -0.05) is 19.1 Å². The highest BCUT2D eigenvalue weighted by atomic mass is 16.7. The quantitative estimate of drug-likeness (QED) is 0.863. The fourth-order valence-electron chi connectivity index (χ4n) is 3.10. The van der Waals surface area contributed by atoms with Crippen LogP contribution in [-0.4, -0.2) is 32.3 Å².